The van der Waals surface area contributed by atoms with E-state index in [0.717, 1.165) is 12.8 Å². The summed E-state index contributed by atoms with van der Waals surface area (Å²) in [6, 6.07) is 6.08. The van der Waals surface area contributed by atoms with E-state index in [2.05, 4.69) is 12.2 Å². The van der Waals surface area contributed by atoms with Gasteiger partial charge < -0.3 is 5.11 Å². The van der Waals surface area contributed by atoms with Crippen molar-refractivity contribution < 1.29 is 19.5 Å². The molecule has 1 aliphatic heterocycles. The SMILES string of the molecule is C[C@]12C(=O)N(c3cccc(C(=O)O)c3)C(=O)[C@H]1[C@H]1C=C[C@H]2C12CC2. The maximum absolute atomic E-state index is 13.2. The Morgan fingerprint density at radius 2 is 2.00 bits per heavy atom. The number of carboxylic acid groups (broad SMARTS) is 1. The summed E-state index contributed by atoms with van der Waals surface area (Å²) in [5.74, 6) is -1.45. The molecule has 4 atom stereocenters. The van der Waals surface area contributed by atoms with Crippen LogP contribution in [0.3, 0.4) is 0 Å². The van der Waals surface area contributed by atoms with Gasteiger partial charge in [0, 0.05) is 0 Å². The topological polar surface area (TPSA) is 74.7 Å². The van der Waals surface area contributed by atoms with Gasteiger partial charge in [0.25, 0.3) is 0 Å². The highest BCUT2D eigenvalue weighted by Crippen LogP contribution is 2.77. The molecule has 0 aromatic heterocycles. The van der Waals surface area contributed by atoms with Crippen LogP contribution in [-0.2, 0) is 9.59 Å². The van der Waals surface area contributed by atoms with Gasteiger partial charge in [-0.2, -0.15) is 0 Å². The summed E-state index contributed by atoms with van der Waals surface area (Å²) in [5, 5.41) is 9.17. The van der Waals surface area contributed by atoms with Crippen molar-refractivity contribution in [3.05, 3.63) is 42.0 Å². The summed E-state index contributed by atoms with van der Waals surface area (Å²) < 4.78 is 0. The second kappa shape index (κ2) is 3.97. The first-order valence-corrected chi connectivity index (χ1v) is 8.31. The first kappa shape index (κ1) is 14.0. The Morgan fingerprint density at radius 3 is 2.62 bits per heavy atom. The molecule has 1 saturated heterocycles. The zero-order valence-electron chi connectivity index (χ0n) is 13.2. The molecule has 1 aromatic rings. The van der Waals surface area contributed by atoms with Crippen LogP contribution in [0.25, 0.3) is 0 Å². The number of hydrogen-bond donors (Lipinski definition) is 1. The van der Waals surface area contributed by atoms with E-state index >= 15 is 0 Å². The van der Waals surface area contributed by atoms with E-state index in [1.165, 1.54) is 17.0 Å². The highest BCUT2D eigenvalue weighted by Gasteiger charge is 2.78. The smallest absolute Gasteiger partial charge is 0.335 e. The largest absolute Gasteiger partial charge is 0.478 e. The average molecular weight is 323 g/mol. The monoisotopic (exact) mass is 323 g/mol. The summed E-state index contributed by atoms with van der Waals surface area (Å²) in [5.41, 5.74) is -0.105. The Bertz CT molecular complexity index is 853. The molecule has 2 bridgehead atoms. The van der Waals surface area contributed by atoms with Crippen molar-refractivity contribution in [3.63, 3.8) is 0 Å². The lowest BCUT2D eigenvalue weighted by molar-refractivity contribution is -0.127. The fourth-order valence-corrected chi connectivity index (χ4v) is 5.60. The number of rotatable bonds is 2. The van der Waals surface area contributed by atoms with Crippen LogP contribution in [0.1, 0.15) is 30.1 Å². The predicted molar refractivity (Wildman–Crippen MR) is 85.3 cm³/mol. The number of allylic oxidation sites excluding steroid dienone is 2. The summed E-state index contributed by atoms with van der Waals surface area (Å²) in [6.45, 7) is 1.92. The summed E-state index contributed by atoms with van der Waals surface area (Å²) in [4.78, 5) is 38.8. The maximum Gasteiger partial charge on any atom is 0.335 e. The Kier molecular flexibility index (Phi) is 2.31. The van der Waals surface area contributed by atoms with Gasteiger partial charge in [-0.3, -0.25) is 9.59 Å². The highest BCUT2D eigenvalue weighted by molar-refractivity contribution is 6.24. The normalized spacial score (nSPS) is 37.4. The Balaban J connectivity index is 1.61. The fourth-order valence-electron chi connectivity index (χ4n) is 5.60. The maximum atomic E-state index is 13.2. The zero-order valence-corrected chi connectivity index (χ0v) is 13.2. The second-order valence-corrected chi connectivity index (χ2v) is 7.72. The van der Waals surface area contributed by atoms with Gasteiger partial charge in [-0.15, -0.1) is 0 Å². The van der Waals surface area contributed by atoms with Crippen LogP contribution in [0.4, 0.5) is 5.69 Å². The summed E-state index contributed by atoms with van der Waals surface area (Å²) >= 11 is 0. The molecule has 0 unspecified atom stereocenters. The molecule has 5 rings (SSSR count). The van der Waals surface area contributed by atoms with E-state index in [4.69, 9.17) is 5.11 Å². The molecule has 4 aliphatic rings. The number of carbonyl (C=O) groups excluding carboxylic acids is 2. The van der Waals surface area contributed by atoms with Crippen LogP contribution < -0.4 is 4.90 Å². The number of anilines is 1. The molecule has 24 heavy (non-hydrogen) atoms. The van der Waals surface area contributed by atoms with Gasteiger partial charge in [0.2, 0.25) is 11.8 Å². The number of imide groups is 1. The minimum atomic E-state index is -1.07. The number of fused-ring (bicyclic) bond motifs is 3. The molecular formula is C19H17NO4. The zero-order chi connectivity index (χ0) is 16.9. The van der Waals surface area contributed by atoms with Crippen molar-refractivity contribution in [1.82, 2.24) is 0 Å². The minimum absolute atomic E-state index is 0.0788. The molecule has 122 valence electrons. The molecule has 5 nitrogen and oxygen atoms in total. The molecule has 1 N–H and O–H groups in total. The third-order valence-corrected chi connectivity index (χ3v) is 6.77. The van der Waals surface area contributed by atoms with Crippen LogP contribution in [0, 0.1) is 28.6 Å². The summed E-state index contributed by atoms with van der Waals surface area (Å²) in [6.07, 6.45) is 6.45. The van der Waals surface area contributed by atoms with E-state index in [1.54, 1.807) is 12.1 Å². The third-order valence-electron chi connectivity index (χ3n) is 6.77. The van der Waals surface area contributed by atoms with Crippen molar-refractivity contribution in [2.75, 3.05) is 4.90 Å². The van der Waals surface area contributed by atoms with Crippen LogP contribution in [0.2, 0.25) is 0 Å². The highest BCUT2D eigenvalue weighted by atomic mass is 16.4. The Hall–Kier alpha value is -2.43. The van der Waals surface area contributed by atoms with Gasteiger partial charge in [0.05, 0.1) is 22.6 Å². The molecule has 0 radical (unpaired) electrons. The van der Waals surface area contributed by atoms with Gasteiger partial charge in [-0.25, -0.2) is 9.69 Å². The Morgan fingerprint density at radius 1 is 1.25 bits per heavy atom. The first-order valence-electron chi connectivity index (χ1n) is 8.31. The van der Waals surface area contributed by atoms with Gasteiger partial charge in [0.15, 0.2) is 0 Å². The van der Waals surface area contributed by atoms with Crippen LogP contribution in [0.5, 0.6) is 0 Å². The lowest BCUT2D eigenvalue weighted by Crippen LogP contribution is -2.39. The molecule has 5 heteroatoms. The molecule has 2 saturated carbocycles. The lowest BCUT2D eigenvalue weighted by Gasteiger charge is -2.29. The van der Waals surface area contributed by atoms with Crippen molar-refractivity contribution in [2.45, 2.75) is 19.8 Å². The molecular weight excluding hydrogens is 306 g/mol. The molecule has 1 heterocycles. The van der Waals surface area contributed by atoms with Gasteiger partial charge in [-0.05, 0) is 55.2 Å². The van der Waals surface area contributed by atoms with Crippen molar-refractivity contribution in [3.8, 4) is 0 Å². The number of carboxylic acids is 1. The van der Waals surface area contributed by atoms with E-state index in [-0.39, 0.29) is 40.5 Å². The standard InChI is InChI=1S/C19H17NO4/c1-18-13-6-5-12(19(13)7-8-19)14(18)15(21)20(17(18)24)11-4-2-3-10(9-11)16(22)23/h2-6,9,12-14H,7-8H2,1H3,(H,22,23)/t12-,13-,14-,18-/m1/s1. The van der Waals surface area contributed by atoms with E-state index in [1.807, 2.05) is 6.92 Å². The Labute approximate surface area is 139 Å². The van der Waals surface area contributed by atoms with E-state index in [9.17, 15) is 14.4 Å². The summed E-state index contributed by atoms with van der Waals surface area (Å²) in [7, 11) is 0. The molecule has 1 aromatic carbocycles. The third kappa shape index (κ3) is 1.32. The molecule has 2 amide bonds. The number of benzene rings is 1. The van der Waals surface area contributed by atoms with Crippen molar-refractivity contribution in [1.29, 1.82) is 0 Å². The molecule has 1 spiro atoms. The van der Waals surface area contributed by atoms with Gasteiger partial charge in [-0.1, -0.05) is 18.2 Å². The van der Waals surface area contributed by atoms with E-state index in [0.29, 0.717) is 5.69 Å². The fraction of sp³-hybridized carbons (Fsp3) is 0.421. The molecule has 3 fully saturated rings. The molecule has 3 aliphatic carbocycles. The van der Waals surface area contributed by atoms with Crippen LogP contribution >= 0.6 is 0 Å². The first-order chi connectivity index (χ1) is 11.4. The van der Waals surface area contributed by atoms with Crippen molar-refractivity contribution >= 4 is 23.5 Å². The van der Waals surface area contributed by atoms with E-state index < -0.39 is 11.4 Å². The van der Waals surface area contributed by atoms with Crippen LogP contribution in [0.15, 0.2) is 36.4 Å². The average Bonchev–Trinajstić information content (AvgIpc) is 3.17. The predicted octanol–water partition coefficient (Wildman–Crippen LogP) is 2.48. The number of hydrogen-bond acceptors (Lipinski definition) is 3. The minimum Gasteiger partial charge on any atom is -0.478 e. The number of carbonyl (C=O) groups is 3. The number of amides is 2. The number of nitrogens with zero attached hydrogens (tertiary/aromatic N) is 1. The quantitative estimate of drug-likeness (QED) is 0.670. The lowest BCUT2D eigenvalue weighted by atomic mass is 9.71. The second-order valence-electron chi connectivity index (χ2n) is 7.72. The van der Waals surface area contributed by atoms with Crippen molar-refractivity contribution in [2.24, 2.45) is 28.6 Å². The van der Waals surface area contributed by atoms with Gasteiger partial charge in [0.1, 0.15) is 0 Å². The number of aromatic carboxylic acids is 1. The van der Waals surface area contributed by atoms with Gasteiger partial charge >= 0.3 is 5.97 Å². The van der Waals surface area contributed by atoms with Crippen LogP contribution in [-0.4, -0.2) is 22.9 Å².